The number of thiazole rings is 1. The third-order valence-corrected chi connectivity index (χ3v) is 8.30. The van der Waals surface area contributed by atoms with E-state index in [4.69, 9.17) is 4.74 Å². The number of hydrogen-bond acceptors (Lipinski definition) is 6. The first kappa shape index (κ1) is 25.1. The molecule has 0 radical (unpaired) electrons. The van der Waals surface area contributed by atoms with Crippen LogP contribution in [0.3, 0.4) is 0 Å². The summed E-state index contributed by atoms with van der Waals surface area (Å²) in [5.41, 5.74) is 2.46. The molecular formula is C26H33F2N5O2S. The third kappa shape index (κ3) is 6.21. The smallest absolute Gasteiger partial charge is 0.278 e. The molecule has 1 N–H and O–H groups in total. The van der Waals surface area contributed by atoms with E-state index >= 15 is 0 Å². The van der Waals surface area contributed by atoms with Crippen LogP contribution in [0.2, 0.25) is 0 Å². The Morgan fingerprint density at radius 1 is 1.22 bits per heavy atom. The van der Waals surface area contributed by atoms with Crippen LogP contribution >= 0.6 is 11.3 Å². The minimum atomic E-state index is -2.85. The highest BCUT2D eigenvalue weighted by Crippen LogP contribution is 2.31. The van der Waals surface area contributed by atoms with E-state index in [1.165, 1.54) is 11.3 Å². The molecule has 2 aliphatic rings. The van der Waals surface area contributed by atoms with Gasteiger partial charge in [0.25, 0.3) is 17.0 Å². The van der Waals surface area contributed by atoms with Gasteiger partial charge < -0.3 is 15.0 Å². The number of nitrogens with one attached hydrogen (secondary N) is 1. The molecule has 4 heterocycles. The number of nitrogens with zero attached hydrogens (tertiary/aromatic N) is 4. The number of alkyl halides is 2. The monoisotopic (exact) mass is 517 g/mol. The second kappa shape index (κ2) is 10.8. The van der Waals surface area contributed by atoms with Crippen LogP contribution in [0.15, 0.2) is 30.6 Å². The van der Waals surface area contributed by atoms with E-state index < -0.39 is 12.5 Å². The maximum Gasteiger partial charge on any atom is 0.278 e. The van der Waals surface area contributed by atoms with Crippen molar-refractivity contribution >= 4 is 22.8 Å². The van der Waals surface area contributed by atoms with Crippen LogP contribution in [0.1, 0.15) is 60.0 Å². The number of halogens is 2. The van der Waals surface area contributed by atoms with Crippen LogP contribution in [-0.4, -0.2) is 63.6 Å². The first-order valence-corrected chi connectivity index (χ1v) is 13.6. The molecule has 0 bridgehead atoms. The van der Waals surface area contributed by atoms with Crippen molar-refractivity contribution in [1.29, 1.82) is 0 Å². The molecule has 1 fully saturated rings. The second-order valence-electron chi connectivity index (χ2n) is 10.1. The Kier molecular flexibility index (Phi) is 7.52. The molecular weight excluding hydrogens is 484 g/mol. The van der Waals surface area contributed by atoms with Crippen molar-refractivity contribution < 1.29 is 18.3 Å². The zero-order valence-electron chi connectivity index (χ0n) is 20.6. The fourth-order valence-corrected chi connectivity index (χ4v) is 6.14. The lowest BCUT2D eigenvalue weighted by molar-refractivity contribution is -0.0230. The van der Waals surface area contributed by atoms with Gasteiger partial charge in [0.2, 0.25) is 0 Å². The van der Waals surface area contributed by atoms with Gasteiger partial charge in [0.1, 0.15) is 0 Å². The van der Waals surface area contributed by atoms with Gasteiger partial charge in [-0.2, -0.15) is 5.10 Å². The summed E-state index contributed by atoms with van der Waals surface area (Å²) in [6.45, 7) is 3.19. The molecule has 1 amide bonds. The molecule has 1 aliphatic heterocycles. The molecule has 36 heavy (non-hydrogen) atoms. The molecule has 0 atom stereocenters. The predicted molar refractivity (Wildman–Crippen MR) is 135 cm³/mol. The van der Waals surface area contributed by atoms with Crippen LogP contribution in [0.5, 0.6) is 5.19 Å². The SMILES string of the molecule is CC(F)(F)COc1nc2c(s1)CCN(CCC1CCC(NC(=O)c3cnn4ccccc34)CC1)CC2. The molecule has 0 saturated heterocycles. The number of amides is 1. The van der Waals surface area contributed by atoms with Crippen molar-refractivity contribution in [1.82, 2.24) is 24.8 Å². The largest absolute Gasteiger partial charge is 0.464 e. The van der Waals surface area contributed by atoms with Gasteiger partial charge in [0.05, 0.1) is 23.0 Å². The number of hydrogen-bond donors (Lipinski definition) is 1. The quantitative estimate of drug-likeness (QED) is 0.473. The first-order valence-electron chi connectivity index (χ1n) is 12.8. The summed E-state index contributed by atoms with van der Waals surface area (Å²) in [6, 6.07) is 5.95. The van der Waals surface area contributed by atoms with Crippen LogP contribution in [-0.2, 0) is 12.8 Å². The summed E-state index contributed by atoms with van der Waals surface area (Å²) in [6.07, 6.45) is 10.7. The van der Waals surface area contributed by atoms with Gasteiger partial charge >= 0.3 is 0 Å². The lowest BCUT2D eigenvalue weighted by Crippen LogP contribution is -2.38. The number of pyridine rings is 1. The molecule has 3 aromatic heterocycles. The number of carbonyl (C=O) groups excluding carboxylic acids is 1. The molecule has 3 aromatic rings. The maximum absolute atomic E-state index is 13.1. The summed E-state index contributed by atoms with van der Waals surface area (Å²) in [5.74, 6) is -2.21. The van der Waals surface area contributed by atoms with Crippen molar-refractivity contribution in [2.45, 2.75) is 63.8 Å². The van der Waals surface area contributed by atoms with Crippen molar-refractivity contribution in [3.63, 3.8) is 0 Å². The molecule has 0 unspecified atom stereocenters. The minimum Gasteiger partial charge on any atom is -0.464 e. The average Bonchev–Trinajstić information content (AvgIpc) is 3.42. The maximum atomic E-state index is 13.1. The Morgan fingerprint density at radius 2 is 2.03 bits per heavy atom. The van der Waals surface area contributed by atoms with Gasteiger partial charge in [-0.25, -0.2) is 18.3 Å². The zero-order valence-corrected chi connectivity index (χ0v) is 21.4. The fourth-order valence-electron chi connectivity index (χ4n) is 5.19. The normalized spacial score (nSPS) is 21.2. The van der Waals surface area contributed by atoms with Gasteiger partial charge in [-0.1, -0.05) is 17.4 Å². The standard InChI is InChI=1S/C26H33F2N5O2S/c1-26(27,28)17-35-25-31-21-10-14-32(15-11-23(21)36-25)13-9-18-5-7-19(8-6-18)30-24(34)20-16-29-33-12-3-2-4-22(20)33/h2-4,12,16,18-19H,5-11,13-15,17H2,1H3,(H,30,34). The fraction of sp³-hybridized carbons (Fsp3) is 0.577. The van der Waals surface area contributed by atoms with E-state index in [1.807, 2.05) is 24.4 Å². The average molecular weight is 518 g/mol. The highest BCUT2D eigenvalue weighted by atomic mass is 32.1. The van der Waals surface area contributed by atoms with Gasteiger partial charge in [-0.3, -0.25) is 4.79 Å². The zero-order chi connectivity index (χ0) is 25.1. The molecule has 5 rings (SSSR count). The molecule has 194 valence electrons. The lowest BCUT2D eigenvalue weighted by Gasteiger charge is -2.30. The summed E-state index contributed by atoms with van der Waals surface area (Å²) in [7, 11) is 0. The number of carbonyl (C=O) groups is 1. The number of rotatable bonds is 8. The van der Waals surface area contributed by atoms with Gasteiger partial charge in [0, 0.05) is 43.5 Å². The number of fused-ring (bicyclic) bond motifs is 2. The summed E-state index contributed by atoms with van der Waals surface area (Å²) in [5, 5.41) is 7.84. The highest BCUT2D eigenvalue weighted by Gasteiger charge is 2.26. The second-order valence-corrected chi connectivity index (χ2v) is 11.2. The third-order valence-electron chi connectivity index (χ3n) is 7.23. The van der Waals surface area contributed by atoms with Crippen molar-refractivity contribution in [2.24, 2.45) is 5.92 Å². The molecule has 1 aliphatic carbocycles. The number of ether oxygens (including phenoxy) is 1. The van der Waals surface area contributed by atoms with Crippen LogP contribution in [0, 0.1) is 5.92 Å². The summed E-state index contributed by atoms with van der Waals surface area (Å²) >= 11 is 1.41. The minimum absolute atomic E-state index is 0.0396. The first-order chi connectivity index (χ1) is 17.3. The Bertz CT molecular complexity index is 1160. The lowest BCUT2D eigenvalue weighted by atomic mass is 9.84. The topological polar surface area (TPSA) is 71.8 Å². The van der Waals surface area contributed by atoms with Crippen molar-refractivity contribution in [3.8, 4) is 5.19 Å². The van der Waals surface area contributed by atoms with Crippen LogP contribution in [0.4, 0.5) is 8.78 Å². The molecule has 1 saturated carbocycles. The van der Waals surface area contributed by atoms with E-state index in [9.17, 15) is 13.6 Å². The predicted octanol–water partition coefficient (Wildman–Crippen LogP) is 4.60. The highest BCUT2D eigenvalue weighted by molar-refractivity contribution is 7.13. The van der Waals surface area contributed by atoms with Gasteiger partial charge in [0.15, 0.2) is 6.61 Å². The van der Waals surface area contributed by atoms with E-state index in [1.54, 1.807) is 10.7 Å². The van der Waals surface area contributed by atoms with Crippen molar-refractivity contribution in [3.05, 3.63) is 46.7 Å². The molecule has 7 nitrogen and oxygen atoms in total. The van der Waals surface area contributed by atoms with E-state index in [-0.39, 0.29) is 11.9 Å². The van der Waals surface area contributed by atoms with Gasteiger partial charge in [-0.15, -0.1) is 0 Å². The summed E-state index contributed by atoms with van der Waals surface area (Å²) < 4.78 is 33.0. The van der Waals surface area contributed by atoms with Crippen LogP contribution in [0.25, 0.3) is 5.52 Å². The molecule has 0 aromatic carbocycles. The Hall–Kier alpha value is -2.59. The Morgan fingerprint density at radius 3 is 2.83 bits per heavy atom. The number of aromatic nitrogens is 3. The van der Waals surface area contributed by atoms with Crippen LogP contribution < -0.4 is 10.1 Å². The molecule has 0 spiro atoms. The molecule has 10 heteroatoms. The van der Waals surface area contributed by atoms with Gasteiger partial charge in [-0.05, 0) is 63.1 Å². The Labute approximate surface area is 213 Å². The van der Waals surface area contributed by atoms with Crippen molar-refractivity contribution in [2.75, 3.05) is 26.2 Å². The summed E-state index contributed by atoms with van der Waals surface area (Å²) in [4.78, 5) is 20.9. The Balaban J connectivity index is 1.03. The van der Waals surface area contributed by atoms with E-state index in [2.05, 4.69) is 20.3 Å². The van der Waals surface area contributed by atoms with E-state index in [0.29, 0.717) is 16.7 Å². The van der Waals surface area contributed by atoms with E-state index in [0.717, 1.165) is 87.6 Å².